The van der Waals surface area contributed by atoms with Crippen molar-refractivity contribution in [3.63, 3.8) is 0 Å². The van der Waals surface area contributed by atoms with Crippen molar-refractivity contribution in [2.75, 3.05) is 6.61 Å². The van der Waals surface area contributed by atoms with Crippen LogP contribution in [-0.4, -0.2) is 40.8 Å². The Hall–Kier alpha value is -1.26. The Kier molecular flexibility index (Phi) is 3.94. The SMILES string of the molecule is CCC(C)N1C(=O)OCC1CCC(=O)O. The third-order valence-corrected chi connectivity index (χ3v) is 2.76. The summed E-state index contributed by atoms with van der Waals surface area (Å²) in [5.41, 5.74) is 0. The molecular weight excluding hydrogens is 198 g/mol. The lowest BCUT2D eigenvalue weighted by Gasteiger charge is -2.26. The lowest BCUT2D eigenvalue weighted by Crippen LogP contribution is -2.40. The van der Waals surface area contributed by atoms with E-state index >= 15 is 0 Å². The van der Waals surface area contributed by atoms with Gasteiger partial charge in [0.05, 0.1) is 6.04 Å². The molecule has 1 aliphatic heterocycles. The Morgan fingerprint density at radius 2 is 2.40 bits per heavy atom. The maximum atomic E-state index is 11.4. The van der Waals surface area contributed by atoms with Gasteiger partial charge in [0.2, 0.25) is 0 Å². The first kappa shape index (κ1) is 11.8. The Balaban J connectivity index is 2.55. The van der Waals surface area contributed by atoms with Crippen LogP contribution in [0, 0.1) is 0 Å². The van der Waals surface area contributed by atoms with Crippen LogP contribution in [0.5, 0.6) is 0 Å². The summed E-state index contributed by atoms with van der Waals surface area (Å²) in [6.45, 7) is 4.25. The minimum absolute atomic E-state index is 0.0776. The van der Waals surface area contributed by atoms with Gasteiger partial charge in [0, 0.05) is 12.5 Å². The molecule has 1 heterocycles. The average Bonchev–Trinajstić information content (AvgIpc) is 2.55. The maximum absolute atomic E-state index is 11.4. The van der Waals surface area contributed by atoms with Crippen LogP contribution < -0.4 is 0 Å². The molecule has 5 heteroatoms. The van der Waals surface area contributed by atoms with Crippen molar-refractivity contribution in [2.45, 2.75) is 45.2 Å². The molecule has 0 aromatic heterocycles. The molecule has 0 saturated carbocycles. The summed E-state index contributed by atoms with van der Waals surface area (Å²) in [5.74, 6) is -0.835. The highest BCUT2D eigenvalue weighted by Gasteiger charge is 2.35. The van der Waals surface area contributed by atoms with Crippen molar-refractivity contribution in [2.24, 2.45) is 0 Å². The zero-order valence-electron chi connectivity index (χ0n) is 9.10. The summed E-state index contributed by atoms with van der Waals surface area (Å²) >= 11 is 0. The van der Waals surface area contributed by atoms with Crippen LogP contribution in [0.3, 0.4) is 0 Å². The predicted molar refractivity (Wildman–Crippen MR) is 53.6 cm³/mol. The van der Waals surface area contributed by atoms with Gasteiger partial charge >= 0.3 is 12.1 Å². The molecule has 2 atom stereocenters. The van der Waals surface area contributed by atoms with Crippen molar-refractivity contribution >= 4 is 12.1 Å². The zero-order valence-corrected chi connectivity index (χ0v) is 9.10. The molecular formula is C10H17NO4. The number of hydrogen-bond donors (Lipinski definition) is 1. The molecule has 86 valence electrons. The second-order valence-corrected chi connectivity index (χ2v) is 3.83. The van der Waals surface area contributed by atoms with Crippen molar-refractivity contribution in [3.8, 4) is 0 Å². The highest BCUT2D eigenvalue weighted by atomic mass is 16.6. The number of carboxylic acids is 1. The van der Waals surface area contributed by atoms with E-state index in [9.17, 15) is 9.59 Å². The minimum Gasteiger partial charge on any atom is -0.481 e. The summed E-state index contributed by atoms with van der Waals surface area (Å²) in [6.07, 6.45) is 1.07. The fourth-order valence-electron chi connectivity index (χ4n) is 1.72. The largest absolute Gasteiger partial charge is 0.481 e. The van der Waals surface area contributed by atoms with Gasteiger partial charge in [-0.05, 0) is 19.8 Å². The predicted octanol–water partition coefficient (Wildman–Crippen LogP) is 1.47. The molecule has 0 bridgehead atoms. The number of nitrogens with zero attached hydrogens (tertiary/aromatic N) is 1. The third kappa shape index (κ3) is 2.84. The standard InChI is InChI=1S/C10H17NO4/c1-3-7(2)11-8(4-5-9(12)13)6-15-10(11)14/h7-8H,3-6H2,1-2H3,(H,12,13). The van der Waals surface area contributed by atoms with E-state index in [1.807, 2.05) is 13.8 Å². The molecule has 0 aromatic carbocycles. The van der Waals surface area contributed by atoms with E-state index < -0.39 is 5.97 Å². The molecule has 1 saturated heterocycles. The van der Waals surface area contributed by atoms with Gasteiger partial charge in [0.1, 0.15) is 6.61 Å². The van der Waals surface area contributed by atoms with Crippen LogP contribution in [-0.2, 0) is 9.53 Å². The topological polar surface area (TPSA) is 66.8 Å². The summed E-state index contributed by atoms with van der Waals surface area (Å²) in [4.78, 5) is 23.5. The Labute approximate surface area is 89.0 Å². The van der Waals surface area contributed by atoms with E-state index in [0.717, 1.165) is 6.42 Å². The molecule has 5 nitrogen and oxygen atoms in total. The minimum atomic E-state index is -0.835. The summed E-state index contributed by atoms with van der Waals surface area (Å²) in [6, 6.07) is 0.0299. The lowest BCUT2D eigenvalue weighted by molar-refractivity contribution is -0.137. The monoisotopic (exact) mass is 215 g/mol. The molecule has 0 spiro atoms. The van der Waals surface area contributed by atoms with Gasteiger partial charge < -0.3 is 9.84 Å². The highest BCUT2D eigenvalue weighted by Crippen LogP contribution is 2.21. The molecule has 1 amide bonds. The molecule has 2 unspecified atom stereocenters. The van der Waals surface area contributed by atoms with E-state index in [2.05, 4.69) is 0 Å². The van der Waals surface area contributed by atoms with Gasteiger partial charge in [0.15, 0.2) is 0 Å². The fourth-order valence-corrected chi connectivity index (χ4v) is 1.72. The Morgan fingerprint density at radius 1 is 1.73 bits per heavy atom. The molecule has 1 rings (SSSR count). The van der Waals surface area contributed by atoms with E-state index in [1.165, 1.54) is 0 Å². The number of cyclic esters (lactones) is 1. The summed E-state index contributed by atoms with van der Waals surface area (Å²) in [5, 5.41) is 8.58. The van der Waals surface area contributed by atoms with Crippen molar-refractivity contribution in [1.82, 2.24) is 4.90 Å². The molecule has 0 radical (unpaired) electrons. The van der Waals surface area contributed by atoms with Gasteiger partial charge in [-0.1, -0.05) is 6.92 Å². The smallest absolute Gasteiger partial charge is 0.410 e. The van der Waals surface area contributed by atoms with Gasteiger partial charge in [-0.15, -0.1) is 0 Å². The average molecular weight is 215 g/mol. The maximum Gasteiger partial charge on any atom is 0.410 e. The number of carboxylic acid groups (broad SMARTS) is 1. The van der Waals surface area contributed by atoms with Crippen LogP contribution in [0.2, 0.25) is 0 Å². The van der Waals surface area contributed by atoms with Gasteiger partial charge in [-0.3, -0.25) is 9.69 Å². The van der Waals surface area contributed by atoms with Gasteiger partial charge in [-0.25, -0.2) is 4.79 Å². The number of ether oxygens (including phenoxy) is 1. The number of amides is 1. The third-order valence-electron chi connectivity index (χ3n) is 2.76. The van der Waals surface area contributed by atoms with Crippen molar-refractivity contribution < 1.29 is 19.4 Å². The van der Waals surface area contributed by atoms with Crippen LogP contribution in [0.15, 0.2) is 0 Å². The quantitative estimate of drug-likeness (QED) is 0.754. The Bertz CT molecular complexity index is 254. The number of carbonyl (C=O) groups is 2. The number of carbonyl (C=O) groups excluding carboxylic acids is 1. The summed E-state index contributed by atoms with van der Waals surface area (Å²) < 4.78 is 4.93. The van der Waals surface area contributed by atoms with E-state index in [-0.39, 0.29) is 24.6 Å². The number of hydrogen-bond acceptors (Lipinski definition) is 3. The first-order chi connectivity index (χ1) is 7.06. The van der Waals surface area contributed by atoms with E-state index in [0.29, 0.717) is 13.0 Å². The van der Waals surface area contributed by atoms with Crippen molar-refractivity contribution in [1.29, 1.82) is 0 Å². The molecule has 15 heavy (non-hydrogen) atoms. The normalized spacial score (nSPS) is 22.7. The highest BCUT2D eigenvalue weighted by molar-refractivity contribution is 5.71. The second kappa shape index (κ2) is 5.00. The van der Waals surface area contributed by atoms with Crippen LogP contribution >= 0.6 is 0 Å². The van der Waals surface area contributed by atoms with E-state index in [4.69, 9.17) is 9.84 Å². The first-order valence-electron chi connectivity index (χ1n) is 5.23. The molecule has 0 aromatic rings. The first-order valence-corrected chi connectivity index (χ1v) is 5.23. The molecule has 1 aliphatic rings. The Morgan fingerprint density at radius 3 is 2.93 bits per heavy atom. The van der Waals surface area contributed by atoms with Crippen LogP contribution in [0.25, 0.3) is 0 Å². The van der Waals surface area contributed by atoms with Crippen LogP contribution in [0.4, 0.5) is 4.79 Å². The molecule has 1 fully saturated rings. The molecule has 0 aliphatic carbocycles. The second-order valence-electron chi connectivity index (χ2n) is 3.83. The summed E-state index contributed by atoms with van der Waals surface area (Å²) in [7, 11) is 0. The van der Waals surface area contributed by atoms with Gasteiger partial charge in [0.25, 0.3) is 0 Å². The van der Waals surface area contributed by atoms with Crippen LogP contribution in [0.1, 0.15) is 33.1 Å². The molecule has 1 N–H and O–H groups in total. The lowest BCUT2D eigenvalue weighted by atomic mass is 10.1. The van der Waals surface area contributed by atoms with E-state index in [1.54, 1.807) is 4.90 Å². The van der Waals surface area contributed by atoms with Crippen molar-refractivity contribution in [3.05, 3.63) is 0 Å². The zero-order chi connectivity index (χ0) is 11.4. The fraction of sp³-hybridized carbons (Fsp3) is 0.800. The van der Waals surface area contributed by atoms with Gasteiger partial charge in [-0.2, -0.15) is 0 Å². The number of aliphatic carboxylic acids is 1. The number of rotatable bonds is 5.